The van der Waals surface area contributed by atoms with Crippen molar-refractivity contribution < 1.29 is 4.79 Å². The minimum Gasteiger partial charge on any atom is -0.349 e. The number of hydrogen-bond donors (Lipinski definition) is 1. The predicted octanol–water partition coefficient (Wildman–Crippen LogP) is 0.434. The van der Waals surface area contributed by atoms with Crippen molar-refractivity contribution in [2.24, 2.45) is 7.05 Å². The summed E-state index contributed by atoms with van der Waals surface area (Å²) in [5.74, 6) is -0.414. The Kier molecular flexibility index (Phi) is 5.02. The van der Waals surface area contributed by atoms with Crippen LogP contribution in [0.4, 0.5) is 0 Å². The van der Waals surface area contributed by atoms with Gasteiger partial charge >= 0.3 is 0 Å². The van der Waals surface area contributed by atoms with Gasteiger partial charge in [0.15, 0.2) is 0 Å². The summed E-state index contributed by atoms with van der Waals surface area (Å²) >= 11 is 0. The largest absolute Gasteiger partial charge is 0.349 e. The normalized spacial score (nSPS) is 10.5. The highest BCUT2D eigenvalue weighted by atomic mass is 16.2. The van der Waals surface area contributed by atoms with E-state index in [1.54, 1.807) is 0 Å². The number of nitrogens with one attached hydrogen (secondary N) is 1. The molecule has 0 spiro atoms. The predicted molar refractivity (Wildman–Crippen MR) is 95.7 cm³/mol. The molecule has 0 aliphatic heterocycles. The molecule has 8 nitrogen and oxygen atoms in total. The van der Waals surface area contributed by atoms with Crippen molar-refractivity contribution in [3.8, 4) is 11.3 Å². The summed E-state index contributed by atoms with van der Waals surface area (Å²) in [5.41, 5.74) is 1.11. The van der Waals surface area contributed by atoms with Gasteiger partial charge in [0.25, 0.3) is 17.0 Å². The third-order valence-corrected chi connectivity index (χ3v) is 3.78. The van der Waals surface area contributed by atoms with Crippen molar-refractivity contribution in [3.05, 3.63) is 81.3 Å². The van der Waals surface area contributed by atoms with Crippen LogP contribution in [0.3, 0.4) is 0 Å². The lowest BCUT2D eigenvalue weighted by Crippen LogP contribution is -2.32. The lowest BCUT2D eigenvalue weighted by molar-refractivity contribution is 0.0945. The molecule has 0 unspecified atom stereocenters. The fraction of sp³-hybridized carbons (Fsp3) is 0.167. The van der Waals surface area contributed by atoms with Crippen molar-refractivity contribution >= 4 is 5.91 Å². The highest BCUT2D eigenvalue weighted by molar-refractivity contribution is 5.91. The van der Waals surface area contributed by atoms with Crippen molar-refractivity contribution in [2.45, 2.75) is 6.54 Å². The van der Waals surface area contributed by atoms with Crippen LogP contribution in [0.2, 0.25) is 0 Å². The van der Waals surface area contributed by atoms with Gasteiger partial charge < -0.3 is 5.32 Å². The smallest absolute Gasteiger partial charge is 0.271 e. The lowest BCUT2D eigenvalue weighted by atomic mass is 10.1. The van der Waals surface area contributed by atoms with Crippen LogP contribution in [-0.4, -0.2) is 31.8 Å². The molecule has 0 fully saturated rings. The zero-order chi connectivity index (χ0) is 18.5. The Morgan fingerprint density at radius 3 is 2.54 bits per heavy atom. The van der Waals surface area contributed by atoms with E-state index in [0.29, 0.717) is 5.69 Å². The summed E-state index contributed by atoms with van der Waals surface area (Å²) < 4.78 is 2.51. The second kappa shape index (κ2) is 7.56. The zero-order valence-electron chi connectivity index (χ0n) is 14.1. The van der Waals surface area contributed by atoms with Crippen molar-refractivity contribution in [1.29, 1.82) is 0 Å². The average molecular weight is 351 g/mol. The monoisotopic (exact) mass is 351 g/mol. The van der Waals surface area contributed by atoms with Gasteiger partial charge in [0.05, 0.1) is 12.0 Å². The van der Waals surface area contributed by atoms with E-state index >= 15 is 0 Å². The number of aromatic nitrogens is 4. The zero-order valence-corrected chi connectivity index (χ0v) is 14.1. The Bertz CT molecular complexity index is 1040. The van der Waals surface area contributed by atoms with Gasteiger partial charge in [0.1, 0.15) is 5.69 Å². The quantitative estimate of drug-likeness (QED) is 0.719. The van der Waals surface area contributed by atoms with Crippen LogP contribution in [0.15, 0.2) is 64.4 Å². The third kappa shape index (κ3) is 3.92. The highest BCUT2D eigenvalue weighted by Gasteiger charge is 2.08. The molecule has 132 valence electrons. The van der Waals surface area contributed by atoms with Gasteiger partial charge in [0, 0.05) is 37.8 Å². The summed E-state index contributed by atoms with van der Waals surface area (Å²) in [7, 11) is 1.47. The van der Waals surface area contributed by atoms with Gasteiger partial charge in [-0.05, 0) is 6.07 Å². The Balaban J connectivity index is 1.63. The molecule has 8 heteroatoms. The lowest BCUT2D eigenvalue weighted by Gasteiger charge is -2.08. The summed E-state index contributed by atoms with van der Waals surface area (Å²) in [6.45, 7) is 0.508. The molecule has 1 aromatic carbocycles. The van der Waals surface area contributed by atoms with Gasteiger partial charge in [-0.1, -0.05) is 30.3 Å². The number of amides is 1. The first kappa shape index (κ1) is 17.3. The van der Waals surface area contributed by atoms with Crippen molar-refractivity contribution in [1.82, 2.24) is 24.6 Å². The molecule has 2 aromatic heterocycles. The fourth-order valence-electron chi connectivity index (χ4n) is 2.36. The van der Waals surface area contributed by atoms with Crippen LogP contribution >= 0.6 is 0 Å². The van der Waals surface area contributed by atoms with Crippen molar-refractivity contribution in [2.75, 3.05) is 6.54 Å². The molecule has 1 amide bonds. The molecule has 0 aliphatic carbocycles. The Morgan fingerprint density at radius 2 is 1.85 bits per heavy atom. The summed E-state index contributed by atoms with van der Waals surface area (Å²) in [6.07, 6.45) is 1.46. The molecule has 0 aliphatic rings. The number of carbonyl (C=O) groups is 1. The maximum absolute atomic E-state index is 12.2. The van der Waals surface area contributed by atoms with E-state index in [0.717, 1.165) is 10.2 Å². The molecular weight excluding hydrogens is 334 g/mol. The van der Waals surface area contributed by atoms with Gasteiger partial charge in [-0.3, -0.25) is 19.0 Å². The van der Waals surface area contributed by atoms with Crippen LogP contribution in [0, 0.1) is 0 Å². The minimum absolute atomic E-state index is 0.136. The number of aryl methyl sites for hydroxylation is 1. The number of rotatable bonds is 5. The van der Waals surface area contributed by atoms with Gasteiger partial charge in [-0.25, -0.2) is 9.67 Å². The van der Waals surface area contributed by atoms with E-state index in [2.05, 4.69) is 15.4 Å². The van der Waals surface area contributed by atoms with E-state index in [1.165, 1.54) is 36.1 Å². The molecule has 0 atom stereocenters. The van der Waals surface area contributed by atoms with Gasteiger partial charge in [0.2, 0.25) is 0 Å². The van der Waals surface area contributed by atoms with Crippen LogP contribution in [0.25, 0.3) is 11.3 Å². The molecule has 0 bridgehead atoms. The molecule has 0 saturated heterocycles. The van der Waals surface area contributed by atoms with Crippen molar-refractivity contribution in [3.63, 3.8) is 0 Å². The topological polar surface area (TPSA) is 98.9 Å². The van der Waals surface area contributed by atoms with Crippen LogP contribution in [0.5, 0.6) is 0 Å². The number of nitrogens with zero attached hydrogens (tertiary/aromatic N) is 4. The average Bonchev–Trinajstić information content (AvgIpc) is 2.66. The minimum atomic E-state index is -0.414. The third-order valence-electron chi connectivity index (χ3n) is 3.78. The van der Waals surface area contributed by atoms with E-state index < -0.39 is 5.91 Å². The number of hydrogen-bond acceptors (Lipinski definition) is 5. The second-order valence-corrected chi connectivity index (χ2v) is 5.61. The highest BCUT2D eigenvalue weighted by Crippen LogP contribution is 2.13. The van der Waals surface area contributed by atoms with E-state index in [4.69, 9.17) is 0 Å². The first-order valence-electron chi connectivity index (χ1n) is 7.99. The standard InChI is InChI=1S/C18H17N5O3/c1-22-16(24)8-7-14(21-22)18(26)19-9-10-23-12-20-15(11-17(23)25)13-5-3-2-4-6-13/h2-8,11-12H,9-10H2,1H3,(H,19,26). The van der Waals surface area contributed by atoms with Crippen LogP contribution in [-0.2, 0) is 13.6 Å². The Labute approximate surface area is 148 Å². The summed E-state index contributed by atoms with van der Waals surface area (Å²) in [4.78, 5) is 39.8. The van der Waals surface area contributed by atoms with Crippen LogP contribution < -0.4 is 16.4 Å². The second-order valence-electron chi connectivity index (χ2n) is 5.61. The van der Waals surface area contributed by atoms with E-state index in [-0.39, 0.29) is 29.9 Å². The molecule has 0 saturated carbocycles. The van der Waals surface area contributed by atoms with E-state index in [9.17, 15) is 14.4 Å². The molecular formula is C18H17N5O3. The Morgan fingerprint density at radius 1 is 1.08 bits per heavy atom. The molecule has 3 rings (SSSR count). The number of benzene rings is 1. The first-order chi connectivity index (χ1) is 12.5. The van der Waals surface area contributed by atoms with Gasteiger partial charge in [-0.15, -0.1) is 0 Å². The number of carbonyl (C=O) groups excluding carboxylic acids is 1. The molecule has 26 heavy (non-hydrogen) atoms. The van der Waals surface area contributed by atoms with Crippen LogP contribution in [0.1, 0.15) is 10.5 Å². The maximum Gasteiger partial charge on any atom is 0.271 e. The molecule has 1 N–H and O–H groups in total. The van der Waals surface area contributed by atoms with Gasteiger partial charge in [-0.2, -0.15) is 5.10 Å². The maximum atomic E-state index is 12.2. The summed E-state index contributed by atoms with van der Waals surface area (Å²) in [6, 6.07) is 13.5. The summed E-state index contributed by atoms with van der Waals surface area (Å²) in [5, 5.41) is 6.54. The van der Waals surface area contributed by atoms with E-state index in [1.807, 2.05) is 30.3 Å². The molecule has 2 heterocycles. The SMILES string of the molecule is Cn1nc(C(=O)NCCn2cnc(-c3ccccc3)cc2=O)ccc1=O. The molecule has 0 radical (unpaired) electrons. The Hall–Kier alpha value is -3.55. The fourth-order valence-corrected chi connectivity index (χ4v) is 2.36. The first-order valence-corrected chi connectivity index (χ1v) is 7.99. The molecule has 3 aromatic rings.